The number of rotatable bonds is 17. The quantitative estimate of drug-likeness (QED) is 0.164. The van der Waals surface area contributed by atoms with Gasteiger partial charge in [-0.05, 0) is 26.2 Å². The molecule has 0 aromatic rings. The number of ether oxygens (including phenoxy) is 2. The van der Waals surface area contributed by atoms with Crippen LogP contribution in [0.15, 0.2) is 0 Å². The Hall–Kier alpha value is -1.06. The SMILES string of the molecule is CCCCCCCCCCCCCCOC(=O)C(C)(C)C(=O)OCC(C)C. The molecule has 0 rings (SSSR count). The Morgan fingerprint density at radius 2 is 1.11 bits per heavy atom. The maximum absolute atomic E-state index is 12.1. The summed E-state index contributed by atoms with van der Waals surface area (Å²) in [7, 11) is 0. The van der Waals surface area contributed by atoms with Crippen LogP contribution in [0.2, 0.25) is 0 Å². The van der Waals surface area contributed by atoms with E-state index >= 15 is 0 Å². The van der Waals surface area contributed by atoms with Gasteiger partial charge in [0.15, 0.2) is 5.41 Å². The fourth-order valence-corrected chi connectivity index (χ4v) is 2.79. The fourth-order valence-electron chi connectivity index (χ4n) is 2.79. The maximum Gasteiger partial charge on any atom is 0.322 e. The van der Waals surface area contributed by atoms with Gasteiger partial charge in [0.2, 0.25) is 0 Å². The number of esters is 2. The summed E-state index contributed by atoms with van der Waals surface area (Å²) < 4.78 is 10.5. The van der Waals surface area contributed by atoms with Gasteiger partial charge in [-0.3, -0.25) is 9.59 Å². The lowest BCUT2D eigenvalue weighted by atomic mass is 9.94. The van der Waals surface area contributed by atoms with E-state index in [-0.39, 0.29) is 5.92 Å². The summed E-state index contributed by atoms with van der Waals surface area (Å²) in [6.07, 6.45) is 15.2. The minimum atomic E-state index is -1.23. The summed E-state index contributed by atoms with van der Waals surface area (Å²) in [5.41, 5.74) is -1.23. The highest BCUT2D eigenvalue weighted by molar-refractivity contribution is 5.99. The van der Waals surface area contributed by atoms with Crippen LogP contribution in [0.1, 0.15) is 112 Å². The molecule has 0 saturated carbocycles. The van der Waals surface area contributed by atoms with Gasteiger partial charge >= 0.3 is 11.9 Å². The lowest BCUT2D eigenvalue weighted by Crippen LogP contribution is -2.37. The molecule has 0 aromatic carbocycles. The van der Waals surface area contributed by atoms with Crippen LogP contribution >= 0.6 is 0 Å². The van der Waals surface area contributed by atoms with Crippen LogP contribution in [0.3, 0.4) is 0 Å². The first-order chi connectivity index (χ1) is 12.8. The number of hydrogen-bond acceptors (Lipinski definition) is 4. The van der Waals surface area contributed by atoms with Gasteiger partial charge in [-0.1, -0.05) is 91.4 Å². The predicted molar refractivity (Wildman–Crippen MR) is 112 cm³/mol. The maximum atomic E-state index is 12.1. The molecule has 0 bridgehead atoms. The van der Waals surface area contributed by atoms with Crippen molar-refractivity contribution >= 4 is 11.9 Å². The van der Waals surface area contributed by atoms with E-state index in [1.807, 2.05) is 13.8 Å². The minimum Gasteiger partial charge on any atom is -0.465 e. The van der Waals surface area contributed by atoms with Crippen LogP contribution in [0.4, 0.5) is 0 Å². The van der Waals surface area contributed by atoms with Gasteiger partial charge in [-0.25, -0.2) is 0 Å². The Morgan fingerprint density at radius 1 is 0.704 bits per heavy atom. The first-order valence-electron chi connectivity index (χ1n) is 11.2. The Balaban J connectivity index is 3.60. The summed E-state index contributed by atoms with van der Waals surface area (Å²) in [6.45, 7) is 10.0. The number of unbranched alkanes of at least 4 members (excludes halogenated alkanes) is 11. The van der Waals surface area contributed by atoms with Crippen molar-refractivity contribution in [1.29, 1.82) is 0 Å². The van der Waals surface area contributed by atoms with Crippen molar-refractivity contribution in [3.05, 3.63) is 0 Å². The zero-order valence-corrected chi connectivity index (χ0v) is 18.6. The third kappa shape index (κ3) is 13.7. The molecule has 4 nitrogen and oxygen atoms in total. The number of hydrogen-bond donors (Lipinski definition) is 0. The molecule has 0 aliphatic rings. The molecule has 0 heterocycles. The van der Waals surface area contributed by atoms with Crippen molar-refractivity contribution in [2.75, 3.05) is 13.2 Å². The van der Waals surface area contributed by atoms with E-state index < -0.39 is 17.4 Å². The predicted octanol–water partition coefficient (Wildman–Crippen LogP) is 6.46. The largest absolute Gasteiger partial charge is 0.465 e. The monoisotopic (exact) mass is 384 g/mol. The van der Waals surface area contributed by atoms with E-state index in [1.165, 1.54) is 64.2 Å². The Labute approximate surface area is 167 Å². The second-order valence-corrected chi connectivity index (χ2v) is 8.64. The highest BCUT2D eigenvalue weighted by Gasteiger charge is 2.39. The molecule has 0 N–H and O–H groups in total. The third-order valence-electron chi connectivity index (χ3n) is 4.80. The summed E-state index contributed by atoms with van der Waals surface area (Å²) in [5, 5.41) is 0. The van der Waals surface area contributed by atoms with Gasteiger partial charge in [0.25, 0.3) is 0 Å². The first-order valence-corrected chi connectivity index (χ1v) is 11.2. The van der Waals surface area contributed by atoms with Gasteiger partial charge in [0, 0.05) is 0 Å². The molecule has 0 spiro atoms. The van der Waals surface area contributed by atoms with Gasteiger partial charge < -0.3 is 9.47 Å². The molecule has 0 aromatic heterocycles. The van der Waals surface area contributed by atoms with Gasteiger partial charge in [0.1, 0.15) is 0 Å². The van der Waals surface area contributed by atoms with Crippen LogP contribution in [0.5, 0.6) is 0 Å². The van der Waals surface area contributed by atoms with Crippen molar-refractivity contribution in [3.8, 4) is 0 Å². The molecule has 0 radical (unpaired) electrons. The molecular formula is C23H44O4. The van der Waals surface area contributed by atoms with Gasteiger partial charge in [0.05, 0.1) is 13.2 Å². The normalized spacial score (nSPS) is 11.6. The minimum absolute atomic E-state index is 0.252. The zero-order valence-electron chi connectivity index (χ0n) is 18.6. The average Bonchev–Trinajstić information content (AvgIpc) is 2.63. The lowest BCUT2D eigenvalue weighted by molar-refractivity contribution is -0.170. The lowest BCUT2D eigenvalue weighted by Gasteiger charge is -2.21. The van der Waals surface area contributed by atoms with Crippen molar-refractivity contribution in [1.82, 2.24) is 0 Å². The van der Waals surface area contributed by atoms with Gasteiger partial charge in [-0.2, -0.15) is 0 Å². The molecule has 0 aliphatic carbocycles. The molecule has 4 heteroatoms. The highest BCUT2D eigenvalue weighted by Crippen LogP contribution is 2.20. The van der Waals surface area contributed by atoms with Crippen molar-refractivity contribution in [3.63, 3.8) is 0 Å². The van der Waals surface area contributed by atoms with Gasteiger partial charge in [-0.15, -0.1) is 0 Å². The smallest absolute Gasteiger partial charge is 0.322 e. The molecule has 27 heavy (non-hydrogen) atoms. The van der Waals surface area contributed by atoms with Crippen LogP contribution in [0, 0.1) is 11.3 Å². The molecule has 0 unspecified atom stereocenters. The Bertz CT molecular complexity index is 388. The molecule has 0 aliphatic heterocycles. The molecule has 0 atom stereocenters. The molecular weight excluding hydrogens is 340 g/mol. The van der Waals surface area contributed by atoms with E-state index in [2.05, 4.69) is 6.92 Å². The Kier molecular flexibility index (Phi) is 15.3. The highest BCUT2D eigenvalue weighted by atomic mass is 16.6. The summed E-state index contributed by atoms with van der Waals surface area (Å²) >= 11 is 0. The van der Waals surface area contributed by atoms with Crippen LogP contribution in [0.25, 0.3) is 0 Å². The molecule has 160 valence electrons. The fraction of sp³-hybridized carbons (Fsp3) is 0.913. The van der Waals surface area contributed by atoms with Crippen molar-refractivity contribution in [2.45, 2.75) is 112 Å². The summed E-state index contributed by atoms with van der Waals surface area (Å²) in [5.74, 6) is -0.739. The van der Waals surface area contributed by atoms with E-state index in [4.69, 9.17) is 9.47 Å². The summed E-state index contributed by atoms with van der Waals surface area (Å²) in [4.78, 5) is 24.2. The molecule has 0 fully saturated rings. The van der Waals surface area contributed by atoms with E-state index in [0.29, 0.717) is 13.2 Å². The summed E-state index contributed by atoms with van der Waals surface area (Å²) in [6, 6.07) is 0. The van der Waals surface area contributed by atoms with E-state index in [9.17, 15) is 9.59 Å². The van der Waals surface area contributed by atoms with E-state index in [0.717, 1.165) is 12.8 Å². The van der Waals surface area contributed by atoms with E-state index in [1.54, 1.807) is 13.8 Å². The zero-order chi connectivity index (χ0) is 20.5. The van der Waals surface area contributed by atoms with Crippen LogP contribution in [-0.4, -0.2) is 25.2 Å². The first kappa shape index (κ1) is 25.9. The second kappa shape index (κ2) is 15.9. The standard InChI is InChI=1S/C23H44O4/c1-6-7-8-9-10-11-12-13-14-15-16-17-18-26-21(24)23(4,5)22(25)27-19-20(2)3/h20H,6-19H2,1-5H3. The molecule has 0 amide bonds. The topological polar surface area (TPSA) is 52.6 Å². The Morgan fingerprint density at radius 3 is 1.56 bits per heavy atom. The van der Waals surface area contributed by atoms with Crippen molar-refractivity contribution < 1.29 is 19.1 Å². The number of carbonyl (C=O) groups excluding carboxylic acids is 2. The second-order valence-electron chi connectivity index (χ2n) is 8.64. The van der Waals surface area contributed by atoms with Crippen LogP contribution < -0.4 is 0 Å². The average molecular weight is 385 g/mol. The molecule has 0 saturated heterocycles. The number of carbonyl (C=O) groups is 2. The van der Waals surface area contributed by atoms with Crippen molar-refractivity contribution in [2.24, 2.45) is 11.3 Å². The third-order valence-corrected chi connectivity index (χ3v) is 4.80. The van der Waals surface area contributed by atoms with Crippen LogP contribution in [-0.2, 0) is 19.1 Å².